The van der Waals surface area contributed by atoms with Gasteiger partial charge in [0.2, 0.25) is 0 Å². The van der Waals surface area contributed by atoms with E-state index in [1.807, 2.05) is 11.5 Å². The summed E-state index contributed by atoms with van der Waals surface area (Å²) in [5.74, 6) is -0.906. The van der Waals surface area contributed by atoms with E-state index in [0.717, 1.165) is 34.1 Å². The molecule has 5 heteroatoms. The van der Waals surface area contributed by atoms with Crippen molar-refractivity contribution in [2.45, 2.75) is 46.1 Å². The van der Waals surface area contributed by atoms with Gasteiger partial charge in [0.05, 0.1) is 11.1 Å². The lowest BCUT2D eigenvalue weighted by Gasteiger charge is -2.20. The first-order valence-corrected chi connectivity index (χ1v) is 8.02. The molecular formula is C18H27N3O2. The van der Waals surface area contributed by atoms with Crippen molar-refractivity contribution in [1.29, 1.82) is 0 Å². The third-order valence-corrected chi connectivity index (χ3v) is 4.39. The van der Waals surface area contributed by atoms with Gasteiger partial charge in [-0.3, -0.25) is 0 Å². The first-order chi connectivity index (χ1) is 10.7. The highest BCUT2D eigenvalue weighted by Gasteiger charge is 2.24. The standard InChI is InChI=1S/C18H27N3O2/c1-11-13(5-6-19)14-9-12(18(2,3)4)10-15(17(22)23)16(14)21(11)8-7-20/h9-10H,5-8,19-20H2,1-4H3,(H,22,23). The first-order valence-electron chi connectivity index (χ1n) is 8.02. The van der Waals surface area contributed by atoms with Crippen LogP contribution in [0.15, 0.2) is 12.1 Å². The van der Waals surface area contributed by atoms with Crippen LogP contribution >= 0.6 is 0 Å². The number of aromatic nitrogens is 1. The molecule has 0 aliphatic heterocycles. The quantitative estimate of drug-likeness (QED) is 0.789. The number of carbonyl (C=O) groups is 1. The molecule has 2 rings (SSSR count). The maximum absolute atomic E-state index is 11.9. The largest absolute Gasteiger partial charge is 0.478 e. The molecular weight excluding hydrogens is 290 g/mol. The van der Waals surface area contributed by atoms with Crippen molar-refractivity contribution in [3.05, 3.63) is 34.5 Å². The van der Waals surface area contributed by atoms with E-state index in [9.17, 15) is 9.90 Å². The van der Waals surface area contributed by atoms with Gasteiger partial charge in [-0.2, -0.15) is 0 Å². The van der Waals surface area contributed by atoms with E-state index >= 15 is 0 Å². The monoisotopic (exact) mass is 317 g/mol. The number of carboxylic acids is 1. The summed E-state index contributed by atoms with van der Waals surface area (Å²) in [4.78, 5) is 11.9. The molecule has 0 aliphatic carbocycles. The Morgan fingerprint density at radius 2 is 1.87 bits per heavy atom. The fourth-order valence-electron chi connectivity index (χ4n) is 3.15. The Morgan fingerprint density at radius 3 is 2.35 bits per heavy atom. The molecule has 0 spiro atoms. The zero-order valence-electron chi connectivity index (χ0n) is 14.4. The average Bonchev–Trinajstić information content (AvgIpc) is 2.72. The molecule has 1 aromatic heterocycles. The normalized spacial score (nSPS) is 12.1. The Kier molecular flexibility index (Phi) is 4.82. The summed E-state index contributed by atoms with van der Waals surface area (Å²) < 4.78 is 2.02. The molecule has 0 unspecified atom stereocenters. The molecule has 23 heavy (non-hydrogen) atoms. The number of carboxylic acid groups (broad SMARTS) is 1. The van der Waals surface area contributed by atoms with Crippen LogP contribution in [0.2, 0.25) is 0 Å². The maximum atomic E-state index is 11.9. The van der Waals surface area contributed by atoms with Crippen LogP contribution in [-0.4, -0.2) is 28.7 Å². The molecule has 1 heterocycles. The maximum Gasteiger partial charge on any atom is 0.337 e. The van der Waals surface area contributed by atoms with Gasteiger partial charge in [-0.1, -0.05) is 20.8 Å². The number of benzene rings is 1. The van der Waals surface area contributed by atoms with Crippen LogP contribution in [0.5, 0.6) is 0 Å². The molecule has 0 fully saturated rings. The van der Waals surface area contributed by atoms with Crippen molar-refractivity contribution < 1.29 is 9.90 Å². The minimum atomic E-state index is -0.906. The molecule has 1 aromatic carbocycles. The topological polar surface area (TPSA) is 94.3 Å². The molecule has 0 saturated carbocycles. The van der Waals surface area contributed by atoms with Gasteiger partial charge in [-0.05, 0) is 48.6 Å². The van der Waals surface area contributed by atoms with Crippen LogP contribution in [0.3, 0.4) is 0 Å². The Bertz CT molecular complexity index is 739. The molecule has 0 aliphatic rings. The SMILES string of the molecule is Cc1c(CCN)c2cc(C(C)(C)C)cc(C(=O)O)c2n1CCN. The van der Waals surface area contributed by atoms with Crippen LogP contribution in [0, 0.1) is 6.92 Å². The van der Waals surface area contributed by atoms with Gasteiger partial charge >= 0.3 is 5.97 Å². The van der Waals surface area contributed by atoms with Crippen molar-refractivity contribution in [2.75, 3.05) is 13.1 Å². The van der Waals surface area contributed by atoms with Gasteiger partial charge in [0.15, 0.2) is 0 Å². The summed E-state index contributed by atoms with van der Waals surface area (Å²) in [6, 6.07) is 3.91. The van der Waals surface area contributed by atoms with Crippen molar-refractivity contribution in [3.63, 3.8) is 0 Å². The molecule has 0 radical (unpaired) electrons. The summed E-state index contributed by atoms with van der Waals surface area (Å²) in [5, 5.41) is 10.7. The van der Waals surface area contributed by atoms with Crippen molar-refractivity contribution >= 4 is 16.9 Å². The van der Waals surface area contributed by atoms with E-state index in [0.29, 0.717) is 25.2 Å². The van der Waals surface area contributed by atoms with E-state index in [-0.39, 0.29) is 5.41 Å². The van der Waals surface area contributed by atoms with Crippen LogP contribution in [0.25, 0.3) is 10.9 Å². The number of fused-ring (bicyclic) bond motifs is 1. The fraction of sp³-hybridized carbons (Fsp3) is 0.500. The van der Waals surface area contributed by atoms with E-state index in [4.69, 9.17) is 11.5 Å². The molecule has 0 bridgehead atoms. The highest BCUT2D eigenvalue weighted by molar-refractivity contribution is 6.04. The number of aromatic carboxylic acids is 1. The summed E-state index contributed by atoms with van der Waals surface area (Å²) in [6.07, 6.45) is 0.729. The van der Waals surface area contributed by atoms with Gasteiger partial charge in [-0.25, -0.2) is 4.79 Å². The average molecular weight is 317 g/mol. The van der Waals surface area contributed by atoms with Crippen LogP contribution in [0.1, 0.15) is 48.0 Å². The summed E-state index contributed by atoms with van der Waals surface area (Å²) >= 11 is 0. The Balaban J connectivity index is 2.93. The second kappa shape index (κ2) is 6.34. The second-order valence-corrected chi connectivity index (χ2v) is 7.02. The summed E-state index contributed by atoms with van der Waals surface area (Å²) in [6.45, 7) is 9.88. The lowest BCUT2D eigenvalue weighted by Crippen LogP contribution is -2.15. The van der Waals surface area contributed by atoms with Crippen LogP contribution < -0.4 is 11.5 Å². The Morgan fingerprint density at radius 1 is 1.22 bits per heavy atom. The zero-order valence-corrected chi connectivity index (χ0v) is 14.4. The van der Waals surface area contributed by atoms with Crippen LogP contribution in [0.4, 0.5) is 0 Å². The van der Waals surface area contributed by atoms with Crippen molar-refractivity contribution in [1.82, 2.24) is 4.57 Å². The van der Waals surface area contributed by atoms with Crippen molar-refractivity contribution in [3.8, 4) is 0 Å². The highest BCUT2D eigenvalue weighted by atomic mass is 16.4. The molecule has 5 nitrogen and oxygen atoms in total. The second-order valence-electron chi connectivity index (χ2n) is 7.02. The van der Waals surface area contributed by atoms with Gasteiger partial charge in [0.25, 0.3) is 0 Å². The minimum Gasteiger partial charge on any atom is -0.478 e. The van der Waals surface area contributed by atoms with Gasteiger partial charge in [0.1, 0.15) is 0 Å². The highest BCUT2D eigenvalue weighted by Crippen LogP contribution is 2.34. The molecule has 0 atom stereocenters. The van der Waals surface area contributed by atoms with Gasteiger partial charge in [-0.15, -0.1) is 0 Å². The third kappa shape index (κ3) is 3.12. The number of nitrogens with zero attached hydrogens (tertiary/aromatic N) is 1. The molecule has 0 saturated heterocycles. The van der Waals surface area contributed by atoms with Crippen LogP contribution in [-0.2, 0) is 18.4 Å². The van der Waals surface area contributed by atoms with E-state index in [1.54, 1.807) is 6.07 Å². The lowest BCUT2D eigenvalue weighted by molar-refractivity contribution is 0.0698. The molecule has 126 valence electrons. The zero-order chi connectivity index (χ0) is 17.4. The van der Waals surface area contributed by atoms with E-state index in [1.165, 1.54) is 0 Å². The Labute approximate surface area is 137 Å². The summed E-state index contributed by atoms with van der Waals surface area (Å²) in [7, 11) is 0. The predicted molar refractivity (Wildman–Crippen MR) is 94.1 cm³/mol. The first kappa shape index (κ1) is 17.5. The molecule has 2 aromatic rings. The van der Waals surface area contributed by atoms with E-state index in [2.05, 4.69) is 26.8 Å². The molecule has 5 N–H and O–H groups in total. The van der Waals surface area contributed by atoms with Gasteiger partial charge in [0, 0.05) is 24.2 Å². The third-order valence-electron chi connectivity index (χ3n) is 4.39. The number of hydrogen-bond acceptors (Lipinski definition) is 3. The smallest absolute Gasteiger partial charge is 0.337 e. The van der Waals surface area contributed by atoms with Crippen molar-refractivity contribution in [2.24, 2.45) is 11.5 Å². The summed E-state index contributed by atoms with van der Waals surface area (Å²) in [5.41, 5.74) is 15.7. The Hall–Kier alpha value is -1.85. The lowest BCUT2D eigenvalue weighted by atomic mass is 9.84. The minimum absolute atomic E-state index is 0.123. The van der Waals surface area contributed by atoms with Gasteiger partial charge < -0.3 is 21.1 Å². The number of rotatable bonds is 5. The van der Waals surface area contributed by atoms with E-state index < -0.39 is 5.97 Å². The predicted octanol–water partition coefficient (Wildman–Crippen LogP) is 2.41. The molecule has 0 amide bonds. The number of nitrogens with two attached hydrogens (primary N) is 2. The fourth-order valence-corrected chi connectivity index (χ4v) is 3.15. The number of hydrogen-bond donors (Lipinski definition) is 3.